The van der Waals surface area contributed by atoms with Gasteiger partial charge in [0.15, 0.2) is 0 Å². The third kappa shape index (κ3) is 4.98. The highest BCUT2D eigenvalue weighted by molar-refractivity contribution is 5.82. The molecule has 1 rings (SSSR count). The van der Waals surface area contributed by atoms with Crippen molar-refractivity contribution < 1.29 is 22.4 Å². The molecule has 0 spiro atoms. The number of nitrogens with zero attached hydrogens (tertiary/aromatic N) is 1. The van der Waals surface area contributed by atoms with Gasteiger partial charge >= 0.3 is 6.18 Å². The third-order valence-electron chi connectivity index (χ3n) is 2.82. The van der Waals surface area contributed by atoms with Crippen LogP contribution in [0.1, 0.15) is 17.2 Å². The van der Waals surface area contributed by atoms with Gasteiger partial charge in [0.25, 0.3) is 0 Å². The Morgan fingerprint density at radius 1 is 1.38 bits per heavy atom. The minimum absolute atomic E-state index is 0.259. The molecule has 118 valence electrons. The molecule has 3 N–H and O–H groups in total. The van der Waals surface area contributed by atoms with Crippen LogP contribution >= 0.6 is 0 Å². The molecule has 0 aliphatic carbocycles. The molecule has 0 heterocycles. The summed E-state index contributed by atoms with van der Waals surface area (Å²) in [5, 5.41) is 2.66. The van der Waals surface area contributed by atoms with Crippen LogP contribution in [0.2, 0.25) is 0 Å². The minimum atomic E-state index is -4.77. The summed E-state index contributed by atoms with van der Waals surface area (Å²) in [5.41, 5.74) is 3.58. The van der Waals surface area contributed by atoms with Crippen molar-refractivity contribution in [3.05, 3.63) is 35.1 Å². The number of primary amides is 1. The zero-order chi connectivity index (χ0) is 16.2. The van der Waals surface area contributed by atoms with E-state index in [-0.39, 0.29) is 12.1 Å². The van der Waals surface area contributed by atoms with Crippen LogP contribution in [-0.2, 0) is 11.0 Å². The Hall–Kier alpha value is -1.67. The van der Waals surface area contributed by atoms with Crippen molar-refractivity contribution in [1.82, 2.24) is 10.2 Å². The van der Waals surface area contributed by atoms with Gasteiger partial charge in [0.2, 0.25) is 5.91 Å². The lowest BCUT2D eigenvalue weighted by atomic mass is 9.99. The van der Waals surface area contributed by atoms with Crippen LogP contribution in [0.25, 0.3) is 0 Å². The second kappa shape index (κ2) is 6.86. The molecule has 0 saturated heterocycles. The number of carbonyl (C=O) groups is 1. The highest BCUT2D eigenvalue weighted by Gasteiger charge is 2.36. The molecule has 21 heavy (non-hydrogen) atoms. The van der Waals surface area contributed by atoms with E-state index in [9.17, 15) is 22.4 Å². The van der Waals surface area contributed by atoms with Gasteiger partial charge in [-0.1, -0.05) is 6.07 Å². The van der Waals surface area contributed by atoms with Gasteiger partial charge in [0.05, 0.1) is 5.56 Å². The van der Waals surface area contributed by atoms with Gasteiger partial charge in [-0.05, 0) is 31.8 Å². The summed E-state index contributed by atoms with van der Waals surface area (Å²) in [6.07, 6.45) is -4.77. The molecule has 0 aliphatic heterocycles. The fourth-order valence-electron chi connectivity index (χ4n) is 1.82. The van der Waals surface area contributed by atoms with Crippen LogP contribution in [0.15, 0.2) is 18.2 Å². The normalized spacial score (nSPS) is 13.5. The molecule has 0 bridgehead atoms. The molecule has 0 radical (unpaired) electrons. The number of hydrogen-bond donors (Lipinski definition) is 2. The number of alkyl halides is 3. The molecule has 0 aliphatic rings. The highest BCUT2D eigenvalue weighted by atomic mass is 19.4. The predicted molar refractivity (Wildman–Crippen MR) is 69.9 cm³/mol. The largest absolute Gasteiger partial charge is 0.416 e. The lowest BCUT2D eigenvalue weighted by molar-refractivity contribution is -0.138. The van der Waals surface area contributed by atoms with E-state index in [4.69, 9.17) is 5.73 Å². The van der Waals surface area contributed by atoms with Crippen molar-refractivity contribution in [3.8, 4) is 0 Å². The molecule has 1 atom stereocenters. The summed E-state index contributed by atoms with van der Waals surface area (Å²) in [6.45, 7) is 0.765. The van der Waals surface area contributed by atoms with E-state index in [2.05, 4.69) is 5.32 Å². The summed E-state index contributed by atoms with van der Waals surface area (Å²) < 4.78 is 51.9. The number of amides is 1. The minimum Gasteiger partial charge on any atom is -0.368 e. The molecule has 0 saturated carbocycles. The lowest BCUT2D eigenvalue weighted by Crippen LogP contribution is -2.38. The zero-order valence-corrected chi connectivity index (χ0v) is 11.7. The first kappa shape index (κ1) is 17.4. The smallest absolute Gasteiger partial charge is 0.368 e. The number of benzene rings is 1. The van der Waals surface area contributed by atoms with Gasteiger partial charge in [0.1, 0.15) is 11.9 Å². The average Bonchev–Trinajstić information content (AvgIpc) is 2.33. The topological polar surface area (TPSA) is 58.4 Å². The molecule has 8 heteroatoms. The van der Waals surface area contributed by atoms with Crippen LogP contribution in [0.4, 0.5) is 17.6 Å². The molecule has 4 nitrogen and oxygen atoms in total. The van der Waals surface area contributed by atoms with Gasteiger partial charge in [-0.2, -0.15) is 13.2 Å². The quantitative estimate of drug-likeness (QED) is 0.784. The number of nitrogens with two attached hydrogens (primary N) is 1. The summed E-state index contributed by atoms with van der Waals surface area (Å²) in [6, 6.07) is 0.825. The molecule has 0 fully saturated rings. The van der Waals surface area contributed by atoms with Crippen molar-refractivity contribution in [2.24, 2.45) is 5.73 Å². The fraction of sp³-hybridized carbons (Fsp3) is 0.462. The maximum absolute atomic E-state index is 13.1. The van der Waals surface area contributed by atoms with Crippen LogP contribution in [-0.4, -0.2) is 38.0 Å². The van der Waals surface area contributed by atoms with E-state index in [1.54, 1.807) is 19.0 Å². The molecular formula is C13H17F4N3O. The van der Waals surface area contributed by atoms with E-state index in [0.717, 1.165) is 12.1 Å². The first-order valence-electron chi connectivity index (χ1n) is 6.17. The molecule has 1 aromatic rings. The standard InChI is InChI=1S/C13H17F4N3O/c1-20(2)6-5-19-11(12(18)21)9-4-3-8(14)7-10(9)13(15,16)17/h3-4,7,11,19H,5-6H2,1-2H3,(H2,18,21). The highest BCUT2D eigenvalue weighted by Crippen LogP contribution is 2.35. The first-order valence-corrected chi connectivity index (χ1v) is 6.17. The van der Waals surface area contributed by atoms with Crippen LogP contribution in [0.3, 0.4) is 0 Å². The van der Waals surface area contributed by atoms with E-state index >= 15 is 0 Å². The van der Waals surface area contributed by atoms with Gasteiger partial charge in [-0.15, -0.1) is 0 Å². The Morgan fingerprint density at radius 2 is 2.00 bits per heavy atom. The molecule has 1 amide bonds. The number of hydrogen-bond acceptors (Lipinski definition) is 3. The number of halogens is 4. The number of nitrogens with one attached hydrogen (secondary N) is 1. The Balaban J connectivity index is 3.11. The Kier molecular flexibility index (Phi) is 5.68. The monoisotopic (exact) mass is 307 g/mol. The summed E-state index contributed by atoms with van der Waals surface area (Å²) >= 11 is 0. The average molecular weight is 307 g/mol. The Bertz CT molecular complexity index is 503. The van der Waals surface area contributed by atoms with E-state index in [1.807, 2.05) is 0 Å². The van der Waals surface area contributed by atoms with E-state index < -0.39 is 29.5 Å². The van der Waals surface area contributed by atoms with Crippen LogP contribution in [0, 0.1) is 5.82 Å². The predicted octanol–water partition coefficient (Wildman–Crippen LogP) is 1.52. The van der Waals surface area contributed by atoms with Crippen LogP contribution < -0.4 is 11.1 Å². The molecular weight excluding hydrogens is 290 g/mol. The van der Waals surface area contributed by atoms with Crippen molar-refractivity contribution in [3.63, 3.8) is 0 Å². The zero-order valence-electron chi connectivity index (χ0n) is 11.7. The second-order valence-electron chi connectivity index (χ2n) is 4.82. The van der Waals surface area contributed by atoms with Crippen LogP contribution in [0.5, 0.6) is 0 Å². The van der Waals surface area contributed by atoms with Crippen molar-refractivity contribution in [2.45, 2.75) is 12.2 Å². The number of carbonyl (C=O) groups excluding carboxylic acids is 1. The Morgan fingerprint density at radius 3 is 2.48 bits per heavy atom. The van der Waals surface area contributed by atoms with Gasteiger partial charge in [-0.25, -0.2) is 4.39 Å². The lowest BCUT2D eigenvalue weighted by Gasteiger charge is -2.21. The summed E-state index contributed by atoms with van der Waals surface area (Å²) in [7, 11) is 3.56. The molecule has 1 unspecified atom stereocenters. The first-order chi connectivity index (χ1) is 9.62. The second-order valence-corrected chi connectivity index (χ2v) is 4.82. The van der Waals surface area contributed by atoms with Gasteiger partial charge < -0.3 is 16.0 Å². The van der Waals surface area contributed by atoms with E-state index in [1.165, 1.54) is 0 Å². The van der Waals surface area contributed by atoms with E-state index in [0.29, 0.717) is 12.6 Å². The summed E-state index contributed by atoms with van der Waals surface area (Å²) in [5.74, 6) is -1.98. The van der Waals surface area contributed by atoms with Gasteiger partial charge in [-0.3, -0.25) is 4.79 Å². The number of rotatable bonds is 6. The molecule has 1 aromatic carbocycles. The van der Waals surface area contributed by atoms with Crippen molar-refractivity contribution in [1.29, 1.82) is 0 Å². The van der Waals surface area contributed by atoms with Gasteiger partial charge in [0, 0.05) is 13.1 Å². The summed E-state index contributed by atoms with van der Waals surface area (Å²) in [4.78, 5) is 13.2. The number of likely N-dealkylation sites (N-methyl/N-ethyl adjacent to an activating group) is 1. The third-order valence-corrected chi connectivity index (χ3v) is 2.82. The molecule has 0 aromatic heterocycles. The van der Waals surface area contributed by atoms with Crippen molar-refractivity contribution >= 4 is 5.91 Å². The maximum atomic E-state index is 13.1. The Labute approximate surface area is 119 Å². The fourth-order valence-corrected chi connectivity index (χ4v) is 1.82. The van der Waals surface area contributed by atoms with Crippen molar-refractivity contribution in [2.75, 3.05) is 27.2 Å². The SMILES string of the molecule is CN(C)CCNC(C(N)=O)c1ccc(F)cc1C(F)(F)F. The maximum Gasteiger partial charge on any atom is 0.416 e.